The Morgan fingerprint density at radius 1 is 1.14 bits per heavy atom. The number of carbonyl (C=O) groups excluding carboxylic acids is 1. The van der Waals surface area contributed by atoms with Crippen LogP contribution in [0.5, 0.6) is 5.75 Å². The van der Waals surface area contributed by atoms with Gasteiger partial charge in [-0.2, -0.15) is 8.42 Å². The number of amides is 1. The van der Waals surface area contributed by atoms with E-state index in [9.17, 15) is 33.0 Å². The second kappa shape index (κ2) is 6.91. The Balaban J connectivity index is 2.18. The molecule has 3 aromatic rings. The van der Waals surface area contributed by atoms with Crippen LogP contribution in [0, 0.1) is 17.0 Å². The van der Waals surface area contributed by atoms with E-state index < -0.39 is 31.5 Å². The van der Waals surface area contributed by atoms with Gasteiger partial charge in [0.1, 0.15) is 16.2 Å². The van der Waals surface area contributed by atoms with Crippen LogP contribution in [0.15, 0.2) is 53.4 Å². The smallest absolute Gasteiger partial charge is 0.295 e. The summed E-state index contributed by atoms with van der Waals surface area (Å²) >= 11 is 0. The van der Waals surface area contributed by atoms with Crippen molar-refractivity contribution in [2.24, 2.45) is 0 Å². The topological polar surface area (TPSA) is 147 Å². The molecule has 0 fully saturated rings. The number of phenolic OH excluding ortho intramolecular Hbond substituents is 1. The monoisotopic (exact) mass is 402 g/mol. The highest BCUT2D eigenvalue weighted by atomic mass is 32.2. The Morgan fingerprint density at radius 3 is 2.50 bits per heavy atom. The molecule has 144 valence electrons. The normalized spacial score (nSPS) is 11.4. The van der Waals surface area contributed by atoms with Crippen molar-refractivity contribution in [3.8, 4) is 5.75 Å². The molecule has 0 heterocycles. The fraction of sp³-hybridized carbons (Fsp3) is 0.0556. The molecule has 0 aromatic heterocycles. The maximum Gasteiger partial charge on any atom is 0.295 e. The summed E-state index contributed by atoms with van der Waals surface area (Å²) in [7, 11) is -4.67. The third-order valence-corrected chi connectivity index (χ3v) is 5.00. The van der Waals surface area contributed by atoms with Gasteiger partial charge in [-0.1, -0.05) is 18.2 Å². The SMILES string of the molecule is Cc1ccc(C(=O)Nc2cccc3c(O)ccc(S(=O)(=O)O)c23)c([N+](=O)[O-])c1. The number of fused-ring (bicyclic) bond motifs is 1. The van der Waals surface area contributed by atoms with Gasteiger partial charge in [0.2, 0.25) is 0 Å². The molecule has 0 spiro atoms. The first kappa shape index (κ1) is 19.3. The number of nitrogens with zero attached hydrogens (tertiary/aromatic N) is 1. The fourth-order valence-corrected chi connectivity index (χ4v) is 3.57. The molecule has 0 saturated heterocycles. The van der Waals surface area contributed by atoms with Crippen LogP contribution in [0.25, 0.3) is 10.8 Å². The number of carbonyl (C=O) groups is 1. The van der Waals surface area contributed by atoms with E-state index in [1.54, 1.807) is 6.92 Å². The van der Waals surface area contributed by atoms with Crippen LogP contribution in [-0.2, 0) is 10.1 Å². The van der Waals surface area contributed by atoms with Gasteiger partial charge in [-0.15, -0.1) is 0 Å². The third-order valence-electron chi connectivity index (χ3n) is 4.10. The minimum atomic E-state index is -4.67. The molecular weight excluding hydrogens is 388 g/mol. The summed E-state index contributed by atoms with van der Waals surface area (Å²) in [6, 6.07) is 10.4. The van der Waals surface area contributed by atoms with E-state index in [1.807, 2.05) is 0 Å². The highest BCUT2D eigenvalue weighted by molar-refractivity contribution is 7.86. The minimum absolute atomic E-state index is 0.0408. The number of nitro groups is 1. The molecule has 0 aliphatic carbocycles. The first-order chi connectivity index (χ1) is 13.1. The Labute approximate surface area is 159 Å². The molecule has 3 N–H and O–H groups in total. The number of rotatable bonds is 4. The molecule has 0 radical (unpaired) electrons. The van der Waals surface area contributed by atoms with Gasteiger partial charge in [0, 0.05) is 16.8 Å². The lowest BCUT2D eigenvalue weighted by atomic mass is 10.1. The molecule has 3 aromatic carbocycles. The molecule has 0 bridgehead atoms. The number of aryl methyl sites for hydroxylation is 1. The molecule has 0 unspecified atom stereocenters. The highest BCUT2D eigenvalue weighted by Crippen LogP contribution is 2.36. The van der Waals surface area contributed by atoms with Crippen LogP contribution in [0.3, 0.4) is 0 Å². The number of benzene rings is 3. The first-order valence-electron chi connectivity index (χ1n) is 7.88. The lowest BCUT2D eigenvalue weighted by Crippen LogP contribution is -2.15. The molecular formula is C18H14N2O7S. The van der Waals surface area contributed by atoms with Crippen LogP contribution in [-0.4, -0.2) is 28.9 Å². The average Bonchev–Trinajstić information content (AvgIpc) is 2.61. The van der Waals surface area contributed by atoms with E-state index in [2.05, 4.69) is 5.32 Å². The molecule has 28 heavy (non-hydrogen) atoms. The second-order valence-electron chi connectivity index (χ2n) is 6.02. The van der Waals surface area contributed by atoms with Gasteiger partial charge in [-0.25, -0.2) is 0 Å². The van der Waals surface area contributed by atoms with Crippen molar-refractivity contribution in [1.82, 2.24) is 0 Å². The van der Waals surface area contributed by atoms with Gasteiger partial charge in [0.15, 0.2) is 0 Å². The number of hydrogen-bond donors (Lipinski definition) is 3. The summed E-state index contributed by atoms with van der Waals surface area (Å²) in [5, 5.41) is 23.6. The fourth-order valence-electron chi connectivity index (χ4n) is 2.85. The molecule has 0 atom stereocenters. The predicted molar refractivity (Wildman–Crippen MR) is 101 cm³/mol. The number of aromatic hydroxyl groups is 1. The van der Waals surface area contributed by atoms with Gasteiger partial charge in [-0.05, 0) is 36.8 Å². The lowest BCUT2D eigenvalue weighted by molar-refractivity contribution is -0.385. The number of phenols is 1. The van der Waals surface area contributed by atoms with Gasteiger partial charge in [0.05, 0.1) is 10.6 Å². The Kier molecular flexibility index (Phi) is 4.75. The highest BCUT2D eigenvalue weighted by Gasteiger charge is 2.23. The zero-order valence-electron chi connectivity index (χ0n) is 14.4. The standard InChI is InChI=1S/C18H14N2O7S/c1-10-5-6-11(14(9-10)20(23)24)18(22)19-13-4-2-3-12-15(21)7-8-16(17(12)13)28(25,26)27/h2-9,21H,1H3,(H,19,22)(H,25,26,27). The molecule has 0 saturated carbocycles. The zero-order valence-corrected chi connectivity index (χ0v) is 15.2. The molecule has 0 aliphatic rings. The Morgan fingerprint density at radius 2 is 1.86 bits per heavy atom. The molecule has 1 amide bonds. The summed E-state index contributed by atoms with van der Waals surface area (Å²) in [6.07, 6.45) is 0. The third kappa shape index (κ3) is 3.50. The van der Waals surface area contributed by atoms with Gasteiger partial charge in [0.25, 0.3) is 21.7 Å². The largest absolute Gasteiger partial charge is 0.507 e. The Hall–Kier alpha value is -3.50. The van der Waals surface area contributed by atoms with Gasteiger partial charge >= 0.3 is 0 Å². The molecule has 10 heteroatoms. The van der Waals surface area contributed by atoms with Crippen molar-refractivity contribution < 1.29 is 27.8 Å². The van der Waals surface area contributed by atoms with Crippen LogP contribution in [0.1, 0.15) is 15.9 Å². The van der Waals surface area contributed by atoms with Crippen LogP contribution in [0.4, 0.5) is 11.4 Å². The number of nitrogens with one attached hydrogen (secondary N) is 1. The van der Waals surface area contributed by atoms with Crippen LogP contribution < -0.4 is 5.32 Å². The molecule has 0 aliphatic heterocycles. The second-order valence-corrected chi connectivity index (χ2v) is 7.41. The van der Waals surface area contributed by atoms with Crippen molar-refractivity contribution in [2.45, 2.75) is 11.8 Å². The van der Waals surface area contributed by atoms with Gasteiger partial charge in [-0.3, -0.25) is 19.5 Å². The van der Waals surface area contributed by atoms with Crippen molar-refractivity contribution in [3.63, 3.8) is 0 Å². The molecule has 9 nitrogen and oxygen atoms in total. The van der Waals surface area contributed by atoms with Crippen molar-refractivity contribution >= 4 is 38.2 Å². The van der Waals surface area contributed by atoms with Crippen molar-refractivity contribution in [3.05, 3.63) is 69.8 Å². The van der Waals surface area contributed by atoms with E-state index in [0.717, 1.165) is 12.1 Å². The predicted octanol–water partition coefficient (Wildman–Crippen LogP) is 3.26. The van der Waals surface area contributed by atoms with E-state index in [4.69, 9.17) is 0 Å². The van der Waals surface area contributed by atoms with Crippen molar-refractivity contribution in [2.75, 3.05) is 5.32 Å². The van der Waals surface area contributed by atoms with Gasteiger partial charge < -0.3 is 10.4 Å². The first-order valence-corrected chi connectivity index (χ1v) is 9.32. The number of nitro benzene ring substituents is 1. The summed E-state index contributed by atoms with van der Waals surface area (Å²) in [5.74, 6) is -1.11. The summed E-state index contributed by atoms with van der Waals surface area (Å²) in [4.78, 5) is 22.7. The Bertz CT molecular complexity index is 1240. The van der Waals surface area contributed by atoms with Crippen molar-refractivity contribution in [1.29, 1.82) is 0 Å². The summed E-state index contributed by atoms with van der Waals surface area (Å²) in [6.45, 7) is 1.64. The van der Waals surface area contributed by atoms with Crippen LogP contribution in [0.2, 0.25) is 0 Å². The lowest BCUT2D eigenvalue weighted by Gasteiger charge is -2.13. The van der Waals surface area contributed by atoms with Crippen LogP contribution >= 0.6 is 0 Å². The van der Waals surface area contributed by atoms with E-state index in [1.165, 1.54) is 36.4 Å². The quantitative estimate of drug-likeness (QED) is 0.345. The number of anilines is 1. The van der Waals surface area contributed by atoms with E-state index >= 15 is 0 Å². The zero-order chi connectivity index (χ0) is 20.6. The summed E-state index contributed by atoms with van der Waals surface area (Å²) < 4.78 is 32.9. The van der Waals surface area contributed by atoms with E-state index in [-0.39, 0.29) is 27.8 Å². The molecule has 3 rings (SSSR count). The minimum Gasteiger partial charge on any atom is -0.507 e. The number of hydrogen-bond acceptors (Lipinski definition) is 6. The maximum absolute atomic E-state index is 12.7. The van der Waals surface area contributed by atoms with E-state index in [0.29, 0.717) is 5.56 Å². The summed E-state index contributed by atoms with van der Waals surface area (Å²) in [5.41, 5.74) is -0.0790. The average molecular weight is 402 g/mol. The maximum atomic E-state index is 12.7.